The summed E-state index contributed by atoms with van der Waals surface area (Å²) in [4.78, 5) is 1.22. The maximum atomic E-state index is 13.1. The number of nitrogens with two attached hydrogens (primary N) is 1. The molecule has 3 rings (SSSR count). The standard InChI is InChI=1S/C17H17FN2O2S2/c1-11-12(2)20(10-14-4-3-9-23-14)17(19)16(11)24(21,22)15-7-5-13(18)6-8-15/h3-9H,10,19H2,1-2H3. The van der Waals surface area contributed by atoms with Gasteiger partial charge in [0.15, 0.2) is 0 Å². The molecule has 4 nitrogen and oxygen atoms in total. The molecule has 2 heterocycles. The molecule has 126 valence electrons. The highest BCUT2D eigenvalue weighted by Gasteiger charge is 2.28. The van der Waals surface area contributed by atoms with Crippen LogP contribution < -0.4 is 5.73 Å². The molecule has 3 aromatic rings. The third kappa shape index (κ3) is 2.74. The molecule has 2 N–H and O–H groups in total. The number of sulfone groups is 1. The Balaban J connectivity index is 2.13. The molecule has 0 unspecified atom stereocenters. The highest BCUT2D eigenvalue weighted by molar-refractivity contribution is 7.91. The first-order valence-corrected chi connectivity index (χ1v) is 9.67. The molecule has 0 radical (unpaired) electrons. The molecule has 0 amide bonds. The third-order valence-electron chi connectivity index (χ3n) is 4.10. The zero-order chi connectivity index (χ0) is 17.5. The van der Waals surface area contributed by atoms with Crippen LogP contribution in [0.1, 0.15) is 16.1 Å². The number of hydrogen-bond donors (Lipinski definition) is 1. The maximum Gasteiger partial charge on any atom is 0.210 e. The molecule has 0 fully saturated rings. The van der Waals surface area contributed by atoms with E-state index >= 15 is 0 Å². The molecule has 0 bridgehead atoms. The van der Waals surface area contributed by atoms with Crippen LogP contribution in [-0.2, 0) is 16.4 Å². The average molecular weight is 364 g/mol. The van der Waals surface area contributed by atoms with E-state index in [1.807, 2.05) is 24.4 Å². The highest BCUT2D eigenvalue weighted by Crippen LogP contribution is 2.34. The molecular formula is C17H17FN2O2S2. The normalized spacial score (nSPS) is 11.8. The van der Waals surface area contributed by atoms with Crippen molar-refractivity contribution in [2.24, 2.45) is 0 Å². The quantitative estimate of drug-likeness (QED) is 0.717. The molecular weight excluding hydrogens is 347 g/mol. The summed E-state index contributed by atoms with van der Waals surface area (Å²) in [7, 11) is -3.81. The second kappa shape index (κ2) is 6.07. The van der Waals surface area contributed by atoms with Gasteiger partial charge >= 0.3 is 0 Å². The molecule has 0 atom stereocenters. The zero-order valence-corrected chi connectivity index (χ0v) is 14.9. The summed E-state index contributed by atoms with van der Waals surface area (Å²) >= 11 is 1.59. The molecule has 0 aliphatic carbocycles. The van der Waals surface area contributed by atoms with E-state index in [9.17, 15) is 12.8 Å². The van der Waals surface area contributed by atoms with Crippen molar-refractivity contribution in [2.45, 2.75) is 30.2 Å². The average Bonchev–Trinajstić information content (AvgIpc) is 3.11. The lowest BCUT2D eigenvalue weighted by Crippen LogP contribution is -2.09. The second-order valence-electron chi connectivity index (χ2n) is 5.55. The Morgan fingerprint density at radius 3 is 2.42 bits per heavy atom. The molecule has 0 spiro atoms. The third-order valence-corrected chi connectivity index (χ3v) is 6.91. The molecule has 0 aliphatic heterocycles. The van der Waals surface area contributed by atoms with Gasteiger partial charge in [0.2, 0.25) is 9.84 Å². The number of nitrogens with zero attached hydrogens (tertiary/aromatic N) is 1. The first-order valence-electron chi connectivity index (χ1n) is 7.30. The molecule has 0 aliphatic rings. The van der Waals surface area contributed by atoms with Crippen LogP contribution in [-0.4, -0.2) is 13.0 Å². The number of thiophene rings is 1. The van der Waals surface area contributed by atoms with Gasteiger partial charge in [-0.05, 0) is 55.1 Å². The Labute approximate surface area is 144 Å². The van der Waals surface area contributed by atoms with Gasteiger partial charge in [-0.3, -0.25) is 0 Å². The minimum atomic E-state index is -3.81. The van der Waals surface area contributed by atoms with Gasteiger partial charge in [-0.2, -0.15) is 0 Å². The van der Waals surface area contributed by atoms with E-state index in [-0.39, 0.29) is 15.6 Å². The lowest BCUT2D eigenvalue weighted by Gasteiger charge is -2.08. The summed E-state index contributed by atoms with van der Waals surface area (Å²) in [5.74, 6) is -0.271. The van der Waals surface area contributed by atoms with Crippen molar-refractivity contribution >= 4 is 27.0 Å². The van der Waals surface area contributed by atoms with Crippen LogP contribution in [0.5, 0.6) is 0 Å². The number of anilines is 1. The smallest absolute Gasteiger partial charge is 0.210 e. The minimum absolute atomic E-state index is 0.0342. The molecule has 0 saturated carbocycles. The number of aromatic nitrogens is 1. The van der Waals surface area contributed by atoms with Crippen LogP contribution in [0.3, 0.4) is 0 Å². The molecule has 2 aromatic heterocycles. The van der Waals surface area contributed by atoms with Crippen LogP contribution in [0.15, 0.2) is 51.6 Å². The summed E-state index contributed by atoms with van der Waals surface area (Å²) in [6, 6.07) is 8.71. The van der Waals surface area contributed by atoms with Crippen LogP contribution in [0.25, 0.3) is 0 Å². The van der Waals surface area contributed by atoms with Gasteiger partial charge in [0.25, 0.3) is 0 Å². The SMILES string of the molecule is Cc1c(S(=O)(=O)c2ccc(F)cc2)c(N)n(Cc2cccs2)c1C. The monoisotopic (exact) mass is 364 g/mol. The fourth-order valence-electron chi connectivity index (χ4n) is 2.70. The van der Waals surface area contributed by atoms with E-state index < -0.39 is 15.7 Å². The van der Waals surface area contributed by atoms with Gasteiger partial charge < -0.3 is 10.3 Å². The Bertz CT molecular complexity index is 973. The zero-order valence-electron chi connectivity index (χ0n) is 13.3. The highest BCUT2D eigenvalue weighted by atomic mass is 32.2. The lowest BCUT2D eigenvalue weighted by molar-refractivity contribution is 0.594. The Morgan fingerprint density at radius 1 is 1.17 bits per heavy atom. The maximum absolute atomic E-state index is 13.1. The minimum Gasteiger partial charge on any atom is -0.384 e. The summed E-state index contributed by atoms with van der Waals surface area (Å²) in [6.45, 7) is 4.12. The van der Waals surface area contributed by atoms with Crippen molar-refractivity contribution in [2.75, 3.05) is 5.73 Å². The van der Waals surface area contributed by atoms with Crippen LogP contribution in [0.2, 0.25) is 0 Å². The van der Waals surface area contributed by atoms with Gasteiger partial charge in [-0.1, -0.05) is 6.07 Å². The molecule has 24 heavy (non-hydrogen) atoms. The van der Waals surface area contributed by atoms with E-state index in [1.165, 1.54) is 12.1 Å². The first-order chi connectivity index (χ1) is 11.3. The number of hydrogen-bond acceptors (Lipinski definition) is 4. The summed E-state index contributed by atoms with van der Waals surface area (Å²) in [5.41, 5.74) is 7.62. The summed E-state index contributed by atoms with van der Waals surface area (Å²) in [6.07, 6.45) is 0. The number of rotatable bonds is 4. The van der Waals surface area contributed by atoms with E-state index in [1.54, 1.807) is 22.8 Å². The Morgan fingerprint density at radius 2 is 1.83 bits per heavy atom. The number of benzene rings is 1. The topological polar surface area (TPSA) is 65.1 Å². The molecule has 7 heteroatoms. The number of nitrogen functional groups attached to an aromatic ring is 1. The fraction of sp³-hybridized carbons (Fsp3) is 0.176. The first kappa shape index (κ1) is 16.7. The van der Waals surface area contributed by atoms with Crippen molar-refractivity contribution in [3.8, 4) is 0 Å². The van der Waals surface area contributed by atoms with Gasteiger partial charge in [-0.15, -0.1) is 11.3 Å². The Kier molecular flexibility index (Phi) is 4.23. The van der Waals surface area contributed by atoms with Gasteiger partial charge in [0, 0.05) is 10.6 Å². The predicted octanol–water partition coefficient (Wildman–Crippen LogP) is 3.77. The largest absolute Gasteiger partial charge is 0.384 e. The second-order valence-corrected chi connectivity index (χ2v) is 8.47. The van der Waals surface area contributed by atoms with Crippen molar-refractivity contribution < 1.29 is 12.8 Å². The van der Waals surface area contributed by atoms with E-state index in [0.29, 0.717) is 12.1 Å². The van der Waals surface area contributed by atoms with E-state index in [2.05, 4.69) is 0 Å². The van der Waals surface area contributed by atoms with Crippen LogP contribution in [0, 0.1) is 19.7 Å². The summed E-state index contributed by atoms with van der Waals surface area (Å²) in [5, 5.41) is 1.97. The van der Waals surface area contributed by atoms with Crippen molar-refractivity contribution in [1.82, 2.24) is 4.57 Å². The van der Waals surface area contributed by atoms with Gasteiger partial charge in [0.05, 0.1) is 11.4 Å². The predicted molar refractivity (Wildman–Crippen MR) is 93.6 cm³/mol. The number of halogens is 1. The van der Waals surface area contributed by atoms with Crippen molar-refractivity contribution in [1.29, 1.82) is 0 Å². The van der Waals surface area contributed by atoms with Crippen LogP contribution >= 0.6 is 11.3 Å². The lowest BCUT2D eigenvalue weighted by atomic mass is 10.3. The van der Waals surface area contributed by atoms with Crippen LogP contribution in [0.4, 0.5) is 10.2 Å². The fourth-order valence-corrected chi connectivity index (χ4v) is 5.05. The molecule has 0 saturated heterocycles. The van der Waals surface area contributed by atoms with E-state index in [4.69, 9.17) is 5.73 Å². The Hall–Kier alpha value is -2.12. The van der Waals surface area contributed by atoms with Gasteiger partial charge in [0.1, 0.15) is 16.5 Å². The van der Waals surface area contributed by atoms with E-state index in [0.717, 1.165) is 22.7 Å². The molecule has 1 aromatic carbocycles. The van der Waals surface area contributed by atoms with Crippen molar-refractivity contribution in [3.05, 3.63) is 63.7 Å². The summed E-state index contributed by atoms with van der Waals surface area (Å²) < 4.78 is 40.8. The van der Waals surface area contributed by atoms with Crippen molar-refractivity contribution in [3.63, 3.8) is 0 Å². The van der Waals surface area contributed by atoms with Gasteiger partial charge in [-0.25, -0.2) is 12.8 Å².